The number of rotatable bonds is 12. The van der Waals surface area contributed by atoms with Gasteiger partial charge in [0.2, 0.25) is 10.0 Å². The van der Waals surface area contributed by atoms with E-state index in [0.29, 0.717) is 17.7 Å². The fraction of sp³-hybridized carbons (Fsp3) is 0.370. The van der Waals surface area contributed by atoms with Crippen LogP contribution in [0, 0.1) is 5.92 Å². The number of sulfonamides is 1. The van der Waals surface area contributed by atoms with Crippen molar-refractivity contribution in [1.82, 2.24) is 9.21 Å². The summed E-state index contributed by atoms with van der Waals surface area (Å²) in [5, 5.41) is 11.4. The van der Waals surface area contributed by atoms with E-state index in [4.69, 9.17) is 14.9 Å². The Morgan fingerprint density at radius 1 is 1.03 bits per heavy atom. The van der Waals surface area contributed by atoms with Crippen LogP contribution in [0.25, 0.3) is 0 Å². The lowest BCUT2D eigenvalue weighted by Crippen LogP contribution is -2.51. The molecule has 2 aromatic carbocycles. The van der Waals surface area contributed by atoms with Gasteiger partial charge in [0, 0.05) is 31.4 Å². The smallest absolute Gasteiger partial charge is 0.410 e. The first-order valence-electron chi connectivity index (χ1n) is 12.1. The molecule has 9 nitrogen and oxygen atoms in total. The number of furan rings is 1. The third kappa shape index (κ3) is 7.82. The normalized spacial score (nSPS) is 13.5. The molecule has 0 saturated carbocycles. The number of nitrogen functional groups attached to an aromatic ring is 1. The maximum absolute atomic E-state index is 13.5. The third-order valence-electron chi connectivity index (χ3n) is 5.94. The molecular weight excluding hydrogens is 494 g/mol. The highest BCUT2D eigenvalue weighted by atomic mass is 32.2. The van der Waals surface area contributed by atoms with Gasteiger partial charge in [-0.05, 0) is 48.2 Å². The SMILES string of the molecule is CC(C)CN(C[C@@H](O)[C@H](Cc1ccccc1)N(C)C(=O)OCc1ccoc1)S(=O)(=O)c1ccc(N)cc1. The number of nitrogens with two attached hydrogens (primary N) is 1. The number of anilines is 1. The summed E-state index contributed by atoms with van der Waals surface area (Å²) in [6.45, 7) is 3.80. The van der Waals surface area contributed by atoms with Gasteiger partial charge in [-0.25, -0.2) is 13.2 Å². The molecule has 0 spiro atoms. The van der Waals surface area contributed by atoms with Gasteiger partial charge in [-0.2, -0.15) is 4.31 Å². The number of aliphatic hydroxyl groups excluding tert-OH is 1. The van der Waals surface area contributed by atoms with E-state index in [0.717, 1.165) is 5.56 Å². The molecule has 1 amide bonds. The van der Waals surface area contributed by atoms with E-state index in [-0.39, 0.29) is 30.5 Å². The van der Waals surface area contributed by atoms with Crippen molar-refractivity contribution in [3.8, 4) is 0 Å². The highest BCUT2D eigenvalue weighted by molar-refractivity contribution is 7.89. The first-order valence-corrected chi connectivity index (χ1v) is 13.5. The monoisotopic (exact) mass is 529 g/mol. The topological polar surface area (TPSA) is 126 Å². The van der Waals surface area contributed by atoms with Gasteiger partial charge in [0.15, 0.2) is 0 Å². The minimum absolute atomic E-state index is 0.000912. The number of aliphatic hydroxyl groups is 1. The summed E-state index contributed by atoms with van der Waals surface area (Å²) in [6, 6.07) is 16.3. The maximum atomic E-state index is 13.5. The van der Waals surface area contributed by atoms with Gasteiger partial charge in [-0.15, -0.1) is 0 Å². The van der Waals surface area contributed by atoms with Crippen molar-refractivity contribution in [3.63, 3.8) is 0 Å². The molecule has 0 aliphatic heterocycles. The number of amides is 1. The molecule has 200 valence electrons. The summed E-state index contributed by atoms with van der Waals surface area (Å²) in [4.78, 5) is 14.3. The summed E-state index contributed by atoms with van der Waals surface area (Å²) in [7, 11) is -2.39. The average Bonchev–Trinajstić information content (AvgIpc) is 3.39. The Labute approximate surface area is 218 Å². The minimum Gasteiger partial charge on any atom is -0.472 e. The van der Waals surface area contributed by atoms with E-state index in [1.54, 1.807) is 6.07 Å². The second kappa shape index (κ2) is 12.8. The van der Waals surface area contributed by atoms with E-state index in [2.05, 4.69) is 0 Å². The van der Waals surface area contributed by atoms with Crippen molar-refractivity contribution >= 4 is 21.8 Å². The standard InChI is InChI=1S/C27H35N3O6S/c1-20(2)16-30(37(33,34)24-11-9-23(28)10-12-24)17-26(31)25(15-21-7-5-4-6-8-21)29(3)27(32)36-19-22-13-14-35-18-22/h4-14,18,20,25-26,31H,15-17,19,28H2,1-3H3/t25-,26+/m0/s1. The van der Waals surface area contributed by atoms with E-state index < -0.39 is 28.3 Å². The largest absolute Gasteiger partial charge is 0.472 e. The number of carbonyl (C=O) groups is 1. The molecule has 1 aromatic heterocycles. The Morgan fingerprint density at radius 3 is 2.30 bits per heavy atom. The van der Waals surface area contributed by atoms with Gasteiger partial charge in [0.25, 0.3) is 0 Å². The Hall–Kier alpha value is -3.34. The fourth-order valence-corrected chi connectivity index (χ4v) is 5.56. The van der Waals surface area contributed by atoms with Crippen LogP contribution in [0.15, 0.2) is 82.5 Å². The van der Waals surface area contributed by atoms with Crippen molar-refractivity contribution in [2.45, 2.75) is 43.9 Å². The summed E-state index contributed by atoms with van der Waals surface area (Å²) >= 11 is 0. The lowest BCUT2D eigenvalue weighted by Gasteiger charge is -2.34. The maximum Gasteiger partial charge on any atom is 0.410 e. The Morgan fingerprint density at radius 2 is 1.70 bits per heavy atom. The zero-order valence-corrected chi connectivity index (χ0v) is 22.2. The Balaban J connectivity index is 1.84. The summed E-state index contributed by atoms with van der Waals surface area (Å²) < 4.78 is 38.7. The molecule has 37 heavy (non-hydrogen) atoms. The second-order valence-corrected chi connectivity index (χ2v) is 11.3. The van der Waals surface area contributed by atoms with Gasteiger partial charge in [-0.1, -0.05) is 44.2 Å². The van der Waals surface area contributed by atoms with E-state index in [1.165, 1.54) is 53.0 Å². The van der Waals surface area contributed by atoms with Crippen LogP contribution in [-0.4, -0.2) is 61.1 Å². The molecule has 2 atom stereocenters. The fourth-order valence-electron chi connectivity index (χ4n) is 3.94. The lowest BCUT2D eigenvalue weighted by molar-refractivity contribution is 0.0331. The molecule has 0 bridgehead atoms. The number of benzene rings is 2. The van der Waals surface area contributed by atoms with Crippen LogP contribution in [0.4, 0.5) is 10.5 Å². The van der Waals surface area contributed by atoms with Gasteiger partial charge < -0.3 is 24.9 Å². The number of carbonyl (C=O) groups excluding carboxylic acids is 1. The number of hydrogen-bond acceptors (Lipinski definition) is 7. The summed E-state index contributed by atoms with van der Waals surface area (Å²) in [5.41, 5.74) is 7.77. The summed E-state index contributed by atoms with van der Waals surface area (Å²) in [6.07, 6.45) is 1.43. The predicted octanol–water partition coefficient (Wildman–Crippen LogP) is 3.75. The van der Waals surface area contributed by atoms with Crippen LogP contribution in [0.2, 0.25) is 0 Å². The zero-order chi connectivity index (χ0) is 27.0. The molecule has 0 radical (unpaired) electrons. The first-order chi connectivity index (χ1) is 17.6. The molecule has 10 heteroatoms. The molecule has 0 aliphatic carbocycles. The highest BCUT2D eigenvalue weighted by Gasteiger charge is 2.34. The number of likely N-dealkylation sites (N-methyl/N-ethyl adjacent to an activating group) is 1. The molecule has 0 saturated heterocycles. The van der Waals surface area contributed by atoms with Crippen LogP contribution in [0.5, 0.6) is 0 Å². The number of nitrogens with zero attached hydrogens (tertiary/aromatic N) is 2. The van der Waals surface area contributed by atoms with Gasteiger partial charge in [0.05, 0.1) is 29.6 Å². The van der Waals surface area contributed by atoms with Gasteiger partial charge >= 0.3 is 6.09 Å². The Bertz CT molecular complexity index is 1210. The van der Waals surface area contributed by atoms with Gasteiger partial charge in [0.1, 0.15) is 6.61 Å². The van der Waals surface area contributed by atoms with Crippen molar-refractivity contribution in [1.29, 1.82) is 0 Å². The zero-order valence-electron chi connectivity index (χ0n) is 21.4. The van der Waals surface area contributed by atoms with Crippen molar-refractivity contribution < 1.29 is 27.5 Å². The van der Waals surface area contributed by atoms with Crippen molar-refractivity contribution in [2.24, 2.45) is 5.92 Å². The van der Waals surface area contributed by atoms with Crippen molar-refractivity contribution in [3.05, 3.63) is 84.3 Å². The van der Waals surface area contributed by atoms with Crippen LogP contribution in [-0.2, 0) is 27.8 Å². The van der Waals surface area contributed by atoms with Crippen LogP contribution < -0.4 is 5.73 Å². The van der Waals surface area contributed by atoms with E-state index >= 15 is 0 Å². The third-order valence-corrected chi connectivity index (χ3v) is 7.78. The summed E-state index contributed by atoms with van der Waals surface area (Å²) in [5.74, 6) is 0.000912. The molecule has 3 aromatic rings. The lowest BCUT2D eigenvalue weighted by atomic mass is 10.00. The molecular formula is C27H35N3O6S. The van der Waals surface area contributed by atoms with Crippen molar-refractivity contribution in [2.75, 3.05) is 25.9 Å². The molecule has 3 rings (SSSR count). The van der Waals surface area contributed by atoms with Crippen LogP contribution in [0.3, 0.4) is 0 Å². The van der Waals surface area contributed by atoms with Crippen LogP contribution >= 0.6 is 0 Å². The Kier molecular flexibility index (Phi) is 9.73. The van der Waals surface area contributed by atoms with E-state index in [1.807, 2.05) is 44.2 Å². The quantitative estimate of drug-likeness (QED) is 0.342. The average molecular weight is 530 g/mol. The van der Waals surface area contributed by atoms with E-state index in [9.17, 15) is 18.3 Å². The highest BCUT2D eigenvalue weighted by Crippen LogP contribution is 2.22. The molecule has 0 unspecified atom stereocenters. The number of hydrogen-bond donors (Lipinski definition) is 2. The predicted molar refractivity (Wildman–Crippen MR) is 141 cm³/mol. The van der Waals surface area contributed by atoms with Gasteiger partial charge in [-0.3, -0.25) is 0 Å². The second-order valence-electron chi connectivity index (χ2n) is 9.41. The molecule has 1 heterocycles. The first kappa shape index (κ1) is 28.2. The minimum atomic E-state index is -3.93. The van der Waals surface area contributed by atoms with Crippen LogP contribution in [0.1, 0.15) is 25.0 Å². The molecule has 0 fully saturated rings. The number of ether oxygens (including phenoxy) is 1. The molecule has 3 N–H and O–H groups in total. The molecule has 0 aliphatic rings.